The molecular formula is C18H20Cl2N2OS. The van der Waals surface area contributed by atoms with Crippen LogP contribution in [-0.4, -0.2) is 29.9 Å². The van der Waals surface area contributed by atoms with Crippen LogP contribution in [0.4, 0.5) is 0 Å². The standard InChI is InChI=1S/C18H20Cl2N2OS/c19-16-9-13(18(20)24-16)7-4-8-17(23)22-10-14(15(21)11-22)12-5-2-1-3-6-12/h1-3,5-6,9,14-15H,4,7-8,10-11,21H2/t14-,15+/m0/s1. The van der Waals surface area contributed by atoms with Crippen molar-refractivity contribution in [2.75, 3.05) is 13.1 Å². The van der Waals surface area contributed by atoms with E-state index in [-0.39, 0.29) is 17.9 Å². The molecule has 0 bridgehead atoms. The van der Waals surface area contributed by atoms with Gasteiger partial charge in [0.05, 0.1) is 8.67 Å². The molecular weight excluding hydrogens is 363 g/mol. The molecule has 1 aliphatic rings. The summed E-state index contributed by atoms with van der Waals surface area (Å²) in [4.78, 5) is 14.4. The summed E-state index contributed by atoms with van der Waals surface area (Å²) in [6.07, 6.45) is 2.06. The van der Waals surface area contributed by atoms with E-state index in [1.54, 1.807) is 0 Å². The first kappa shape index (κ1) is 17.7. The second-order valence-electron chi connectivity index (χ2n) is 6.18. The number of nitrogens with two attached hydrogens (primary N) is 1. The third-order valence-electron chi connectivity index (χ3n) is 4.51. The molecule has 2 aromatic rings. The number of carbonyl (C=O) groups is 1. The van der Waals surface area contributed by atoms with Crippen molar-refractivity contribution >= 4 is 40.4 Å². The van der Waals surface area contributed by atoms with Gasteiger partial charge in [-0.3, -0.25) is 4.79 Å². The van der Waals surface area contributed by atoms with Crippen LogP contribution in [0.25, 0.3) is 0 Å². The Bertz CT molecular complexity index is 704. The average molecular weight is 383 g/mol. The van der Waals surface area contributed by atoms with Gasteiger partial charge in [-0.1, -0.05) is 53.5 Å². The lowest BCUT2D eigenvalue weighted by atomic mass is 9.95. The minimum atomic E-state index is 0.00137. The van der Waals surface area contributed by atoms with E-state index in [1.165, 1.54) is 16.9 Å². The summed E-state index contributed by atoms with van der Waals surface area (Å²) in [5.41, 5.74) is 8.49. The van der Waals surface area contributed by atoms with Crippen molar-refractivity contribution in [3.63, 3.8) is 0 Å². The van der Waals surface area contributed by atoms with E-state index in [2.05, 4.69) is 12.1 Å². The molecule has 24 heavy (non-hydrogen) atoms. The van der Waals surface area contributed by atoms with E-state index in [9.17, 15) is 4.79 Å². The molecule has 2 atom stereocenters. The molecule has 1 aliphatic heterocycles. The van der Waals surface area contributed by atoms with Gasteiger partial charge in [-0.25, -0.2) is 0 Å². The van der Waals surface area contributed by atoms with Gasteiger partial charge in [-0.2, -0.15) is 0 Å². The number of thiophene rings is 1. The second kappa shape index (κ2) is 7.87. The molecule has 0 spiro atoms. The number of rotatable bonds is 5. The van der Waals surface area contributed by atoms with Gasteiger partial charge >= 0.3 is 0 Å². The first-order valence-corrected chi connectivity index (χ1v) is 9.64. The largest absolute Gasteiger partial charge is 0.340 e. The van der Waals surface area contributed by atoms with Gasteiger partial charge in [0.2, 0.25) is 5.91 Å². The summed E-state index contributed by atoms with van der Waals surface area (Å²) in [7, 11) is 0. The number of amides is 1. The molecule has 6 heteroatoms. The van der Waals surface area contributed by atoms with Gasteiger partial charge < -0.3 is 10.6 Å². The van der Waals surface area contributed by atoms with Crippen LogP contribution in [0.3, 0.4) is 0 Å². The van der Waals surface area contributed by atoms with Crippen molar-refractivity contribution in [3.8, 4) is 0 Å². The van der Waals surface area contributed by atoms with Crippen molar-refractivity contribution in [2.24, 2.45) is 5.73 Å². The van der Waals surface area contributed by atoms with Gasteiger partial charge in [0.1, 0.15) is 0 Å². The number of carbonyl (C=O) groups excluding carboxylic acids is 1. The topological polar surface area (TPSA) is 46.3 Å². The van der Waals surface area contributed by atoms with Crippen LogP contribution in [0.2, 0.25) is 8.67 Å². The molecule has 1 aromatic heterocycles. The van der Waals surface area contributed by atoms with E-state index < -0.39 is 0 Å². The molecule has 3 nitrogen and oxygen atoms in total. The smallest absolute Gasteiger partial charge is 0.222 e. The average Bonchev–Trinajstić information content (AvgIpc) is 3.10. The van der Waals surface area contributed by atoms with Crippen LogP contribution in [0.5, 0.6) is 0 Å². The van der Waals surface area contributed by atoms with Crippen molar-refractivity contribution in [3.05, 3.63) is 56.2 Å². The monoisotopic (exact) mass is 382 g/mol. The molecule has 128 valence electrons. The van der Waals surface area contributed by atoms with E-state index in [0.29, 0.717) is 23.8 Å². The highest BCUT2D eigenvalue weighted by Crippen LogP contribution is 2.32. The maximum absolute atomic E-state index is 12.5. The third kappa shape index (κ3) is 4.12. The summed E-state index contributed by atoms with van der Waals surface area (Å²) in [6, 6.07) is 12.1. The Morgan fingerprint density at radius 1 is 1.25 bits per heavy atom. The minimum Gasteiger partial charge on any atom is -0.340 e. The normalized spacial score (nSPS) is 20.5. The maximum atomic E-state index is 12.5. The fourth-order valence-electron chi connectivity index (χ4n) is 3.22. The molecule has 0 aliphatic carbocycles. The van der Waals surface area contributed by atoms with Crippen molar-refractivity contribution in [1.82, 2.24) is 4.90 Å². The lowest BCUT2D eigenvalue weighted by Gasteiger charge is -2.16. The van der Waals surface area contributed by atoms with Crippen molar-refractivity contribution in [2.45, 2.75) is 31.2 Å². The number of hydrogen-bond donors (Lipinski definition) is 1. The Hall–Kier alpha value is -1.07. The summed E-state index contributed by atoms with van der Waals surface area (Å²) >= 11 is 13.4. The highest BCUT2D eigenvalue weighted by molar-refractivity contribution is 7.20. The highest BCUT2D eigenvalue weighted by atomic mass is 35.5. The fourth-order valence-corrected chi connectivity index (χ4v) is 4.76. The number of nitrogens with zero attached hydrogens (tertiary/aromatic N) is 1. The first-order chi connectivity index (χ1) is 11.5. The van der Waals surface area contributed by atoms with Gasteiger partial charge in [-0.05, 0) is 30.0 Å². The van der Waals surface area contributed by atoms with Crippen LogP contribution in [-0.2, 0) is 11.2 Å². The van der Waals surface area contributed by atoms with E-state index in [0.717, 1.165) is 22.7 Å². The molecule has 2 heterocycles. The number of benzene rings is 1. The predicted octanol–water partition coefficient (Wildman–Crippen LogP) is 4.33. The van der Waals surface area contributed by atoms with Crippen LogP contribution in [0, 0.1) is 0 Å². The molecule has 0 saturated carbocycles. The minimum absolute atomic E-state index is 0.00137. The van der Waals surface area contributed by atoms with E-state index in [4.69, 9.17) is 28.9 Å². The number of likely N-dealkylation sites (tertiary alicyclic amines) is 1. The quantitative estimate of drug-likeness (QED) is 0.835. The summed E-state index contributed by atoms with van der Waals surface area (Å²) < 4.78 is 1.41. The Morgan fingerprint density at radius 2 is 2.00 bits per heavy atom. The lowest BCUT2D eigenvalue weighted by molar-refractivity contribution is -0.130. The number of hydrogen-bond acceptors (Lipinski definition) is 3. The Kier molecular flexibility index (Phi) is 5.82. The van der Waals surface area contributed by atoms with Gasteiger partial charge in [0, 0.05) is 31.5 Å². The summed E-state index contributed by atoms with van der Waals surface area (Å²) in [5, 5.41) is 0. The zero-order valence-corrected chi connectivity index (χ0v) is 15.6. The second-order valence-corrected chi connectivity index (χ2v) is 8.47. The number of halogens is 2. The lowest BCUT2D eigenvalue weighted by Crippen LogP contribution is -2.32. The van der Waals surface area contributed by atoms with E-state index in [1.807, 2.05) is 29.2 Å². The van der Waals surface area contributed by atoms with Crippen LogP contribution in [0.15, 0.2) is 36.4 Å². The Labute approximate surface area is 156 Å². The molecule has 1 aromatic carbocycles. The van der Waals surface area contributed by atoms with Gasteiger partial charge in [-0.15, -0.1) is 11.3 Å². The Balaban J connectivity index is 1.52. The van der Waals surface area contributed by atoms with Crippen molar-refractivity contribution in [1.29, 1.82) is 0 Å². The molecule has 1 fully saturated rings. The molecule has 2 N–H and O–H groups in total. The third-order valence-corrected chi connectivity index (χ3v) is 6.08. The van der Waals surface area contributed by atoms with Crippen LogP contribution in [0.1, 0.15) is 29.9 Å². The molecule has 1 saturated heterocycles. The van der Waals surface area contributed by atoms with E-state index >= 15 is 0 Å². The highest BCUT2D eigenvalue weighted by Gasteiger charge is 2.33. The summed E-state index contributed by atoms with van der Waals surface area (Å²) in [5.74, 6) is 0.390. The van der Waals surface area contributed by atoms with Gasteiger partial charge in [0.15, 0.2) is 0 Å². The molecule has 3 rings (SSSR count). The molecule has 0 unspecified atom stereocenters. The fraction of sp³-hybridized carbons (Fsp3) is 0.389. The SMILES string of the molecule is N[C@@H]1CN(C(=O)CCCc2cc(Cl)sc2Cl)C[C@H]1c1ccccc1. The zero-order valence-electron chi connectivity index (χ0n) is 13.3. The van der Waals surface area contributed by atoms with Crippen LogP contribution < -0.4 is 5.73 Å². The maximum Gasteiger partial charge on any atom is 0.222 e. The summed E-state index contributed by atoms with van der Waals surface area (Å²) in [6.45, 7) is 1.33. The molecule has 0 radical (unpaired) electrons. The Morgan fingerprint density at radius 3 is 2.67 bits per heavy atom. The predicted molar refractivity (Wildman–Crippen MR) is 101 cm³/mol. The molecule has 1 amide bonds. The van der Waals surface area contributed by atoms with Gasteiger partial charge in [0.25, 0.3) is 0 Å². The number of aryl methyl sites for hydroxylation is 1. The van der Waals surface area contributed by atoms with Crippen LogP contribution >= 0.6 is 34.5 Å². The zero-order chi connectivity index (χ0) is 17.1. The first-order valence-electron chi connectivity index (χ1n) is 8.06. The van der Waals surface area contributed by atoms with Crippen molar-refractivity contribution < 1.29 is 4.79 Å².